The zero-order chi connectivity index (χ0) is 20.8. The minimum Gasteiger partial charge on any atom is -0.456 e. The number of nitrogens with zero attached hydrogens (tertiary/aromatic N) is 2. The average Bonchev–Trinajstić information content (AvgIpc) is 2.80. The van der Waals surface area contributed by atoms with Crippen molar-refractivity contribution in [2.75, 3.05) is 26.2 Å². The molecule has 30 heavy (non-hydrogen) atoms. The maximum absolute atomic E-state index is 11.7. The summed E-state index contributed by atoms with van der Waals surface area (Å²) in [7, 11) is 0. The molecule has 6 nitrogen and oxygen atoms in total. The van der Waals surface area contributed by atoms with Gasteiger partial charge in [-0.05, 0) is 30.8 Å². The summed E-state index contributed by atoms with van der Waals surface area (Å²) in [4.78, 5) is 16.4. The van der Waals surface area contributed by atoms with Crippen molar-refractivity contribution in [2.45, 2.75) is 63.8 Å². The number of carbonyl (C=O) groups is 1. The van der Waals surface area contributed by atoms with Crippen molar-refractivity contribution in [2.24, 2.45) is 11.7 Å². The number of hydrogen-bond acceptors (Lipinski definition) is 5. The molecule has 0 aromatic rings. The van der Waals surface area contributed by atoms with Gasteiger partial charge in [0.2, 0.25) is 11.8 Å². The molecule has 2 fully saturated rings. The van der Waals surface area contributed by atoms with Gasteiger partial charge in [0.25, 0.3) is 0 Å². The first-order valence-electron chi connectivity index (χ1n) is 11.6. The molecule has 0 bridgehead atoms. The molecule has 0 aromatic heterocycles. The van der Waals surface area contributed by atoms with Crippen molar-refractivity contribution >= 4 is 5.91 Å². The van der Waals surface area contributed by atoms with Gasteiger partial charge in [0, 0.05) is 38.6 Å². The molecule has 1 unspecified atom stereocenters. The maximum Gasteiger partial charge on any atom is 0.231 e. The highest BCUT2D eigenvalue weighted by molar-refractivity contribution is 5.74. The van der Waals surface area contributed by atoms with Crippen molar-refractivity contribution < 1.29 is 14.3 Å². The van der Waals surface area contributed by atoms with Crippen LogP contribution in [0.25, 0.3) is 0 Å². The van der Waals surface area contributed by atoms with Crippen molar-refractivity contribution in [3.63, 3.8) is 0 Å². The van der Waals surface area contributed by atoms with E-state index >= 15 is 0 Å². The van der Waals surface area contributed by atoms with Crippen molar-refractivity contribution in [1.29, 1.82) is 0 Å². The van der Waals surface area contributed by atoms with Crippen LogP contribution in [0.3, 0.4) is 0 Å². The van der Waals surface area contributed by atoms with Gasteiger partial charge in [0.1, 0.15) is 6.26 Å². The van der Waals surface area contributed by atoms with Gasteiger partial charge in [0.05, 0.1) is 0 Å². The second-order valence-electron chi connectivity index (χ2n) is 8.92. The molecular formula is C24H35N3O3. The summed E-state index contributed by atoms with van der Waals surface area (Å²) < 4.78 is 11.8. The first-order chi connectivity index (χ1) is 14.7. The fourth-order valence-corrected chi connectivity index (χ4v) is 5.10. The molecule has 1 saturated heterocycles. The number of hydrogen-bond donors (Lipinski definition) is 1. The van der Waals surface area contributed by atoms with Crippen molar-refractivity contribution in [1.82, 2.24) is 9.80 Å². The molecule has 0 spiro atoms. The third-order valence-electron chi connectivity index (χ3n) is 6.81. The van der Waals surface area contributed by atoms with Gasteiger partial charge in [-0.3, -0.25) is 9.69 Å². The SMILES string of the molecule is NC(=O)CC(CC1CCCCC1)N1CCN(C2=COC(C3=CC=CCC3)=CO2)CC1. The molecule has 0 aromatic carbocycles. The number of piperazine rings is 1. The molecule has 0 radical (unpaired) electrons. The van der Waals surface area contributed by atoms with E-state index in [2.05, 4.69) is 28.0 Å². The second-order valence-corrected chi connectivity index (χ2v) is 8.92. The summed E-state index contributed by atoms with van der Waals surface area (Å²) in [6.07, 6.45) is 20.0. The molecule has 6 heteroatoms. The second kappa shape index (κ2) is 10.2. The van der Waals surface area contributed by atoms with Gasteiger partial charge >= 0.3 is 0 Å². The normalized spacial score (nSPS) is 24.3. The Morgan fingerprint density at radius 1 is 1.10 bits per heavy atom. The largest absolute Gasteiger partial charge is 0.456 e. The molecule has 2 N–H and O–H groups in total. The Morgan fingerprint density at radius 2 is 1.90 bits per heavy atom. The van der Waals surface area contributed by atoms with Crippen LogP contribution in [0, 0.1) is 5.92 Å². The number of carbonyl (C=O) groups excluding carboxylic acids is 1. The monoisotopic (exact) mass is 413 g/mol. The molecule has 4 rings (SSSR count). The molecular weight excluding hydrogens is 378 g/mol. The maximum atomic E-state index is 11.7. The Kier molecular flexibility index (Phi) is 7.16. The van der Waals surface area contributed by atoms with Crippen molar-refractivity contribution in [3.05, 3.63) is 48.0 Å². The summed E-state index contributed by atoms with van der Waals surface area (Å²) in [6, 6.07) is 0.267. The highest BCUT2D eigenvalue weighted by Gasteiger charge is 2.29. The van der Waals surface area contributed by atoms with Gasteiger partial charge < -0.3 is 20.1 Å². The summed E-state index contributed by atoms with van der Waals surface area (Å²) >= 11 is 0. The van der Waals surface area contributed by atoms with Crippen LogP contribution in [0.5, 0.6) is 0 Å². The van der Waals surface area contributed by atoms with Crippen molar-refractivity contribution in [3.8, 4) is 0 Å². The third kappa shape index (κ3) is 5.48. The van der Waals surface area contributed by atoms with Crippen LogP contribution in [-0.4, -0.2) is 47.9 Å². The van der Waals surface area contributed by atoms with Crippen LogP contribution >= 0.6 is 0 Å². The van der Waals surface area contributed by atoms with E-state index in [4.69, 9.17) is 15.2 Å². The van der Waals surface area contributed by atoms with Gasteiger partial charge in [-0.25, -0.2) is 0 Å². The van der Waals surface area contributed by atoms with E-state index in [9.17, 15) is 4.79 Å². The van der Waals surface area contributed by atoms with E-state index in [1.54, 1.807) is 12.5 Å². The number of primary amides is 1. The number of amides is 1. The van der Waals surface area contributed by atoms with Gasteiger partial charge in [0.15, 0.2) is 12.0 Å². The summed E-state index contributed by atoms with van der Waals surface area (Å²) in [5.41, 5.74) is 6.76. The Balaban J connectivity index is 1.29. The minimum atomic E-state index is -0.186. The van der Waals surface area contributed by atoms with Crippen LogP contribution in [0.2, 0.25) is 0 Å². The van der Waals surface area contributed by atoms with E-state index in [1.165, 1.54) is 37.7 Å². The predicted octanol–water partition coefficient (Wildman–Crippen LogP) is 3.78. The lowest BCUT2D eigenvalue weighted by molar-refractivity contribution is -0.119. The van der Waals surface area contributed by atoms with Crippen LogP contribution in [-0.2, 0) is 14.3 Å². The Morgan fingerprint density at radius 3 is 2.53 bits per heavy atom. The number of rotatable bonds is 7. The van der Waals surface area contributed by atoms with E-state index < -0.39 is 0 Å². The first kappa shape index (κ1) is 21.0. The average molecular weight is 414 g/mol. The number of allylic oxidation sites excluding steroid dienone is 4. The molecule has 164 valence electrons. The molecule has 1 amide bonds. The highest BCUT2D eigenvalue weighted by atomic mass is 16.6. The molecule has 4 aliphatic rings. The fraction of sp³-hybridized carbons (Fsp3) is 0.625. The lowest BCUT2D eigenvalue weighted by atomic mass is 9.83. The minimum absolute atomic E-state index is 0.186. The highest BCUT2D eigenvalue weighted by Crippen LogP contribution is 2.31. The summed E-state index contributed by atoms with van der Waals surface area (Å²) in [6.45, 7) is 3.56. The van der Waals surface area contributed by atoms with Gasteiger partial charge in [-0.2, -0.15) is 0 Å². The van der Waals surface area contributed by atoms with E-state index in [0.29, 0.717) is 6.42 Å². The fourth-order valence-electron chi connectivity index (χ4n) is 5.10. The molecule has 1 atom stereocenters. The molecule has 2 aliphatic carbocycles. The van der Waals surface area contributed by atoms with Crippen LogP contribution in [0.15, 0.2) is 48.0 Å². The lowest BCUT2D eigenvalue weighted by Gasteiger charge is -2.41. The van der Waals surface area contributed by atoms with Crippen LogP contribution < -0.4 is 5.73 Å². The lowest BCUT2D eigenvalue weighted by Crippen LogP contribution is -2.51. The summed E-state index contributed by atoms with van der Waals surface area (Å²) in [5.74, 6) is 2.13. The zero-order valence-electron chi connectivity index (χ0n) is 17.9. The first-order valence-corrected chi connectivity index (χ1v) is 11.6. The Hall–Kier alpha value is -2.21. The van der Waals surface area contributed by atoms with Crippen LogP contribution in [0.1, 0.15) is 57.8 Å². The van der Waals surface area contributed by atoms with E-state index in [1.807, 2.05) is 0 Å². The smallest absolute Gasteiger partial charge is 0.231 e. The Bertz CT molecular complexity index is 726. The quantitative estimate of drug-likeness (QED) is 0.688. The number of nitrogens with two attached hydrogens (primary N) is 1. The zero-order valence-corrected chi connectivity index (χ0v) is 17.9. The van der Waals surface area contributed by atoms with Gasteiger partial charge in [-0.15, -0.1) is 0 Å². The molecule has 2 aliphatic heterocycles. The molecule has 2 heterocycles. The standard InChI is InChI=1S/C24H35N3O3/c25-23(28)16-21(15-19-7-3-1-4-8-19)26-11-13-27(14-12-26)24-18-29-22(17-30-24)20-9-5-2-6-10-20/h2,5,9,17-19,21H,1,3-4,6-8,10-16H2,(H2,25,28). The Labute approximate surface area is 180 Å². The molecule has 1 saturated carbocycles. The van der Waals surface area contributed by atoms with Gasteiger partial charge in [-0.1, -0.05) is 50.3 Å². The topological polar surface area (TPSA) is 68.0 Å². The van der Waals surface area contributed by atoms with E-state index in [0.717, 1.165) is 63.0 Å². The van der Waals surface area contributed by atoms with Crippen LogP contribution in [0.4, 0.5) is 0 Å². The third-order valence-corrected chi connectivity index (χ3v) is 6.81. The number of ether oxygens (including phenoxy) is 2. The van der Waals surface area contributed by atoms with E-state index in [-0.39, 0.29) is 11.9 Å². The summed E-state index contributed by atoms with van der Waals surface area (Å²) in [5, 5.41) is 0. The predicted molar refractivity (Wildman–Crippen MR) is 117 cm³/mol.